The van der Waals surface area contributed by atoms with Crippen molar-refractivity contribution in [1.82, 2.24) is 0 Å². The van der Waals surface area contributed by atoms with Gasteiger partial charge in [0.1, 0.15) is 0 Å². The summed E-state index contributed by atoms with van der Waals surface area (Å²) >= 11 is 0.0525. The summed E-state index contributed by atoms with van der Waals surface area (Å²) < 4.78 is 8.19. The molecule has 0 unspecified atom stereocenters. The first-order valence-electron chi connectivity index (χ1n) is 2.85. The number of nitrogens with zero attached hydrogens (tertiary/aromatic N) is 2. The number of nitroso groups, excluding NO2 is 2. The van der Waals surface area contributed by atoms with Gasteiger partial charge in [0.05, 0.1) is 0 Å². The molecule has 0 aliphatic rings. The second-order valence-corrected chi connectivity index (χ2v) is 2.02. The number of hydrogen-bond donors (Lipinski definition) is 0. The van der Waals surface area contributed by atoms with Gasteiger partial charge in [-0.2, -0.15) is 9.81 Å². The summed E-state index contributed by atoms with van der Waals surface area (Å²) in [6.45, 7) is -1.34. The first-order chi connectivity index (χ1) is 6.20. The van der Waals surface area contributed by atoms with Crippen molar-refractivity contribution in [2.45, 2.75) is 0 Å². The van der Waals surface area contributed by atoms with Crippen molar-refractivity contribution in [2.75, 3.05) is 13.1 Å². The van der Waals surface area contributed by atoms with E-state index in [0.717, 1.165) is 0 Å². The molecule has 0 bridgehead atoms. The van der Waals surface area contributed by atoms with Crippen LogP contribution in [-0.2, 0) is 18.0 Å². The Balaban J connectivity index is 3.43. The van der Waals surface area contributed by atoms with Gasteiger partial charge in [0.15, 0.2) is 13.1 Å². The van der Waals surface area contributed by atoms with E-state index in [-0.39, 0.29) is 12.3 Å². The Hall–Kier alpha value is -1.51. The van der Waals surface area contributed by atoms with Crippen molar-refractivity contribution >= 4 is 24.3 Å². The second kappa shape index (κ2) is 7.16. The number of carbonyl (C=O) groups excluding carboxylic acids is 2. The average molecular weight is 208 g/mol. The monoisotopic (exact) mass is 208 g/mol. The quantitative estimate of drug-likeness (QED) is 0.451. The van der Waals surface area contributed by atoms with Gasteiger partial charge in [-0.1, -0.05) is 10.4 Å². The molecule has 0 N–H and O–H groups in total. The van der Waals surface area contributed by atoms with Crippen LogP contribution in [-0.4, -0.2) is 25.0 Å². The van der Waals surface area contributed by atoms with E-state index in [4.69, 9.17) is 0 Å². The van der Waals surface area contributed by atoms with Crippen LogP contribution in [0.3, 0.4) is 0 Å². The number of hydrogen-bond acceptors (Lipinski definition) is 9. The van der Waals surface area contributed by atoms with Crippen molar-refractivity contribution in [3.8, 4) is 0 Å². The highest BCUT2D eigenvalue weighted by Gasteiger charge is 2.08. The topological polar surface area (TPSA) is 111 Å². The molecule has 0 spiro atoms. The summed E-state index contributed by atoms with van der Waals surface area (Å²) in [5, 5.41) is 4.45. The van der Waals surface area contributed by atoms with E-state index in [0.29, 0.717) is 0 Å². The fourth-order valence-electron chi connectivity index (χ4n) is 0.251. The highest BCUT2D eigenvalue weighted by Crippen LogP contribution is 2.05. The van der Waals surface area contributed by atoms with Crippen molar-refractivity contribution in [3.63, 3.8) is 0 Å². The summed E-state index contributed by atoms with van der Waals surface area (Å²) in [5.74, 6) is -1.90. The number of carbonyl (C=O) groups is 2. The van der Waals surface area contributed by atoms with E-state index in [9.17, 15) is 19.4 Å². The van der Waals surface area contributed by atoms with Gasteiger partial charge in [-0.05, 0) is 0 Å². The zero-order valence-corrected chi connectivity index (χ0v) is 6.98. The Bertz CT molecular complexity index is 197. The minimum atomic E-state index is -0.952. The van der Waals surface area contributed by atoms with Crippen LogP contribution in [0.2, 0.25) is 0 Å². The van der Waals surface area contributed by atoms with E-state index in [1.807, 2.05) is 0 Å². The molecule has 72 valence electrons. The van der Waals surface area contributed by atoms with Crippen molar-refractivity contribution < 1.29 is 18.0 Å². The van der Waals surface area contributed by atoms with Crippen molar-refractivity contribution in [2.24, 2.45) is 10.4 Å². The Morgan fingerprint density at radius 3 is 1.69 bits per heavy atom. The maximum Gasteiger partial charge on any atom is 0.346 e. The lowest BCUT2D eigenvalue weighted by molar-refractivity contribution is -0.134. The van der Waals surface area contributed by atoms with Crippen LogP contribution in [0.4, 0.5) is 0 Å². The largest absolute Gasteiger partial charge is 0.353 e. The molecule has 8 nitrogen and oxygen atoms in total. The molecular formula is C4H4N2O6S. The average Bonchev–Trinajstić information content (AvgIpc) is 2.05. The molecule has 0 radical (unpaired) electrons. The predicted molar refractivity (Wildman–Crippen MR) is 41.1 cm³/mol. The van der Waals surface area contributed by atoms with Gasteiger partial charge in [0.2, 0.25) is 0 Å². The van der Waals surface area contributed by atoms with Gasteiger partial charge < -0.3 is 8.37 Å². The normalized spacial score (nSPS) is 8.62. The number of rotatable bonds is 6. The molecule has 0 aromatic heterocycles. The summed E-state index contributed by atoms with van der Waals surface area (Å²) in [4.78, 5) is 39.7. The highest BCUT2D eigenvalue weighted by atomic mass is 32.2. The van der Waals surface area contributed by atoms with Crippen LogP contribution >= 0.6 is 12.3 Å². The molecule has 0 saturated heterocycles. The van der Waals surface area contributed by atoms with Crippen molar-refractivity contribution in [3.05, 3.63) is 9.81 Å². The lowest BCUT2D eigenvalue weighted by atomic mass is 10.7. The van der Waals surface area contributed by atoms with Gasteiger partial charge in [-0.15, -0.1) is 0 Å². The SMILES string of the molecule is O=NCC(=O)OSOC(=O)CN=O. The predicted octanol–water partition coefficient (Wildman–Crippen LogP) is 0.169. The van der Waals surface area contributed by atoms with E-state index < -0.39 is 25.0 Å². The second-order valence-electron chi connectivity index (χ2n) is 1.55. The molecule has 9 heteroatoms. The highest BCUT2D eigenvalue weighted by molar-refractivity contribution is 7.90. The molecule has 0 aliphatic carbocycles. The molecule has 13 heavy (non-hydrogen) atoms. The van der Waals surface area contributed by atoms with Gasteiger partial charge in [-0.25, -0.2) is 9.59 Å². The van der Waals surface area contributed by atoms with Crippen LogP contribution in [0.5, 0.6) is 0 Å². The minimum absolute atomic E-state index is 0.0525. The molecule has 0 saturated carbocycles. The molecule has 0 rings (SSSR count). The maximum atomic E-state index is 10.4. The van der Waals surface area contributed by atoms with E-state index in [1.54, 1.807) is 0 Å². The maximum absolute atomic E-state index is 10.4. The zero-order valence-electron chi connectivity index (χ0n) is 6.17. The summed E-state index contributed by atoms with van der Waals surface area (Å²) in [6, 6.07) is 0. The third kappa shape index (κ3) is 6.87. The summed E-state index contributed by atoms with van der Waals surface area (Å²) in [6.07, 6.45) is 0. The fourth-order valence-corrected chi connectivity index (χ4v) is 0.542. The van der Waals surface area contributed by atoms with Gasteiger partial charge in [0, 0.05) is 0 Å². The van der Waals surface area contributed by atoms with E-state index >= 15 is 0 Å². The van der Waals surface area contributed by atoms with Crippen LogP contribution in [0, 0.1) is 9.81 Å². The van der Waals surface area contributed by atoms with Crippen LogP contribution in [0.1, 0.15) is 0 Å². The molecule has 0 aromatic carbocycles. The molecule has 0 atom stereocenters. The molecule has 0 amide bonds. The first kappa shape index (κ1) is 11.5. The molecular weight excluding hydrogens is 204 g/mol. The Labute approximate surface area is 76.3 Å². The third-order valence-corrected chi connectivity index (χ3v) is 1.15. The summed E-state index contributed by atoms with van der Waals surface area (Å²) in [5.41, 5.74) is 0. The molecule has 0 heterocycles. The fraction of sp³-hybridized carbons (Fsp3) is 0.500. The third-order valence-electron chi connectivity index (χ3n) is 0.641. The van der Waals surface area contributed by atoms with Crippen LogP contribution in [0.25, 0.3) is 0 Å². The Kier molecular flexibility index (Phi) is 6.32. The van der Waals surface area contributed by atoms with Crippen LogP contribution < -0.4 is 0 Å². The van der Waals surface area contributed by atoms with Gasteiger partial charge in [0.25, 0.3) is 12.3 Å². The molecule has 0 aliphatic heterocycles. The van der Waals surface area contributed by atoms with E-state index in [1.165, 1.54) is 0 Å². The van der Waals surface area contributed by atoms with Crippen LogP contribution in [0.15, 0.2) is 10.4 Å². The molecule has 0 fully saturated rings. The molecule has 0 aromatic rings. The Morgan fingerprint density at radius 1 is 1.00 bits per heavy atom. The zero-order chi connectivity index (χ0) is 10.1. The Morgan fingerprint density at radius 2 is 1.38 bits per heavy atom. The first-order valence-corrected chi connectivity index (χ1v) is 3.52. The lowest BCUT2D eigenvalue weighted by Gasteiger charge is -1.97. The van der Waals surface area contributed by atoms with E-state index in [2.05, 4.69) is 18.7 Å². The van der Waals surface area contributed by atoms with Crippen molar-refractivity contribution in [1.29, 1.82) is 0 Å². The van der Waals surface area contributed by atoms with Gasteiger partial charge in [-0.3, -0.25) is 0 Å². The minimum Gasteiger partial charge on any atom is -0.353 e. The standard InChI is InChI=1S/C4H4N2O6S/c7-3(1-5-9)11-13-12-4(8)2-6-10/h1-2H2. The van der Waals surface area contributed by atoms with Gasteiger partial charge >= 0.3 is 11.9 Å². The summed E-state index contributed by atoms with van der Waals surface area (Å²) in [7, 11) is 0. The lowest BCUT2D eigenvalue weighted by Crippen LogP contribution is -2.06. The smallest absolute Gasteiger partial charge is 0.346 e.